The van der Waals surface area contributed by atoms with Crippen LogP contribution in [0.5, 0.6) is 0 Å². The van der Waals surface area contributed by atoms with Crippen LogP contribution < -0.4 is 10.2 Å². The minimum absolute atomic E-state index is 0.0259. The van der Waals surface area contributed by atoms with E-state index in [9.17, 15) is 9.18 Å². The molecule has 4 rings (SSSR count). The van der Waals surface area contributed by atoms with Gasteiger partial charge in [-0.3, -0.25) is 4.79 Å². The second kappa shape index (κ2) is 10.7. The zero-order valence-corrected chi connectivity index (χ0v) is 19.3. The van der Waals surface area contributed by atoms with E-state index in [2.05, 4.69) is 10.2 Å². The standard InChI is InChI=1S/C27H32FN3O2/c1-30(2)27(32)21-7-11-24(12-8-21)31-17-14-23(15-18-31)29-16-13-25(26-4-3-19-33-26)20-5-9-22(28)10-6-20/h3-12,19,23,25,29H,13-18H2,1-2H3/t25-/m1/s1. The monoisotopic (exact) mass is 449 g/mol. The summed E-state index contributed by atoms with van der Waals surface area (Å²) in [4.78, 5) is 16.1. The predicted octanol–water partition coefficient (Wildman–Crippen LogP) is 4.90. The zero-order valence-electron chi connectivity index (χ0n) is 19.3. The maximum absolute atomic E-state index is 13.4. The SMILES string of the molecule is CN(C)C(=O)c1ccc(N2CCC(NCC[C@H](c3ccc(F)cc3)c3ccco3)CC2)cc1. The summed E-state index contributed by atoms with van der Waals surface area (Å²) in [5.74, 6) is 0.824. The van der Waals surface area contributed by atoms with Crippen molar-refractivity contribution in [2.24, 2.45) is 0 Å². The van der Waals surface area contributed by atoms with Gasteiger partial charge in [0.2, 0.25) is 0 Å². The Morgan fingerprint density at radius 2 is 1.79 bits per heavy atom. The maximum Gasteiger partial charge on any atom is 0.253 e. The van der Waals surface area contributed by atoms with E-state index in [-0.39, 0.29) is 17.6 Å². The van der Waals surface area contributed by atoms with Crippen molar-refractivity contribution in [1.29, 1.82) is 0 Å². The third-order valence-corrected chi connectivity index (χ3v) is 6.41. The van der Waals surface area contributed by atoms with Crippen molar-refractivity contribution in [3.63, 3.8) is 0 Å². The van der Waals surface area contributed by atoms with Gasteiger partial charge in [0, 0.05) is 50.4 Å². The number of halogens is 1. The van der Waals surface area contributed by atoms with Crippen LogP contribution in [0.2, 0.25) is 0 Å². The van der Waals surface area contributed by atoms with E-state index >= 15 is 0 Å². The highest BCUT2D eigenvalue weighted by Gasteiger charge is 2.21. The average molecular weight is 450 g/mol. The van der Waals surface area contributed by atoms with Gasteiger partial charge >= 0.3 is 0 Å². The number of rotatable bonds is 8. The number of hydrogen-bond donors (Lipinski definition) is 1. The number of carbonyl (C=O) groups is 1. The van der Waals surface area contributed by atoms with Crippen molar-refractivity contribution in [3.05, 3.63) is 89.6 Å². The number of carbonyl (C=O) groups excluding carboxylic acids is 1. The lowest BCUT2D eigenvalue weighted by Crippen LogP contribution is -2.43. The molecule has 1 aliphatic rings. The summed E-state index contributed by atoms with van der Waals surface area (Å²) in [6, 6.07) is 19.0. The van der Waals surface area contributed by atoms with Gasteiger partial charge in [-0.2, -0.15) is 0 Å². The lowest BCUT2D eigenvalue weighted by molar-refractivity contribution is 0.0827. The van der Waals surface area contributed by atoms with Gasteiger partial charge in [-0.25, -0.2) is 4.39 Å². The second-order valence-corrected chi connectivity index (χ2v) is 8.87. The second-order valence-electron chi connectivity index (χ2n) is 8.87. The minimum Gasteiger partial charge on any atom is -0.469 e. The normalized spacial score (nSPS) is 15.4. The van der Waals surface area contributed by atoms with Crippen LogP contribution in [0.15, 0.2) is 71.3 Å². The van der Waals surface area contributed by atoms with Crippen molar-refractivity contribution >= 4 is 11.6 Å². The molecule has 174 valence electrons. The highest BCUT2D eigenvalue weighted by Crippen LogP contribution is 2.28. The summed E-state index contributed by atoms with van der Waals surface area (Å²) in [6.07, 6.45) is 4.72. The van der Waals surface area contributed by atoms with Crippen LogP contribution in [-0.2, 0) is 0 Å². The molecule has 0 bridgehead atoms. The van der Waals surface area contributed by atoms with Gasteiger partial charge in [-0.15, -0.1) is 0 Å². The van der Waals surface area contributed by atoms with Crippen molar-refractivity contribution in [2.75, 3.05) is 38.6 Å². The Morgan fingerprint density at radius 3 is 2.39 bits per heavy atom. The fourth-order valence-electron chi connectivity index (χ4n) is 4.50. The summed E-state index contributed by atoms with van der Waals surface area (Å²) < 4.78 is 19.0. The Kier molecular flexibility index (Phi) is 7.45. The Bertz CT molecular complexity index is 1010. The molecule has 1 saturated heterocycles. The van der Waals surface area contributed by atoms with Crippen molar-refractivity contribution in [1.82, 2.24) is 10.2 Å². The van der Waals surface area contributed by atoms with Gasteiger partial charge in [-0.05, 0) is 79.9 Å². The Balaban J connectivity index is 1.27. The summed E-state index contributed by atoms with van der Waals surface area (Å²) in [5, 5.41) is 3.71. The van der Waals surface area contributed by atoms with Crippen LogP contribution in [0, 0.1) is 5.82 Å². The fraction of sp³-hybridized carbons (Fsp3) is 0.370. The first-order valence-corrected chi connectivity index (χ1v) is 11.6. The molecule has 1 amide bonds. The van der Waals surface area contributed by atoms with Gasteiger partial charge in [-0.1, -0.05) is 12.1 Å². The van der Waals surface area contributed by atoms with E-state index in [1.807, 2.05) is 48.5 Å². The van der Waals surface area contributed by atoms with Crippen molar-refractivity contribution < 1.29 is 13.6 Å². The third kappa shape index (κ3) is 5.82. The molecule has 5 nitrogen and oxygen atoms in total. The van der Waals surface area contributed by atoms with E-state index in [4.69, 9.17) is 4.42 Å². The van der Waals surface area contributed by atoms with Gasteiger partial charge < -0.3 is 19.5 Å². The lowest BCUT2D eigenvalue weighted by atomic mass is 9.93. The Morgan fingerprint density at radius 1 is 1.09 bits per heavy atom. The molecule has 2 aromatic carbocycles. The zero-order chi connectivity index (χ0) is 23.2. The Labute approximate surface area is 195 Å². The van der Waals surface area contributed by atoms with Gasteiger partial charge in [0.05, 0.1) is 6.26 Å². The molecule has 0 saturated carbocycles. The largest absolute Gasteiger partial charge is 0.469 e. The molecule has 0 unspecified atom stereocenters. The molecule has 1 fully saturated rings. The minimum atomic E-state index is -0.222. The number of anilines is 1. The van der Waals surface area contributed by atoms with Crippen LogP contribution in [0.25, 0.3) is 0 Å². The molecule has 1 N–H and O–H groups in total. The molecule has 0 aliphatic carbocycles. The average Bonchev–Trinajstić information content (AvgIpc) is 3.37. The number of furan rings is 1. The van der Waals surface area contributed by atoms with Gasteiger partial charge in [0.25, 0.3) is 5.91 Å². The first kappa shape index (κ1) is 23.1. The number of nitrogens with one attached hydrogen (secondary N) is 1. The van der Waals surface area contributed by atoms with E-state index < -0.39 is 0 Å². The number of hydrogen-bond acceptors (Lipinski definition) is 4. The number of amides is 1. The molecule has 1 aliphatic heterocycles. The summed E-state index contributed by atoms with van der Waals surface area (Å²) in [7, 11) is 3.54. The van der Waals surface area contributed by atoms with E-state index in [0.29, 0.717) is 11.6 Å². The molecule has 2 heterocycles. The van der Waals surface area contributed by atoms with E-state index in [1.54, 1.807) is 25.3 Å². The number of nitrogens with zero attached hydrogens (tertiary/aromatic N) is 2. The van der Waals surface area contributed by atoms with Gasteiger partial charge in [0.15, 0.2) is 0 Å². The first-order chi connectivity index (χ1) is 16.0. The molecular formula is C27H32FN3O2. The molecule has 1 atom stereocenters. The molecular weight excluding hydrogens is 417 g/mol. The van der Waals surface area contributed by atoms with Crippen molar-refractivity contribution in [3.8, 4) is 0 Å². The first-order valence-electron chi connectivity index (χ1n) is 11.6. The predicted molar refractivity (Wildman–Crippen MR) is 129 cm³/mol. The quantitative estimate of drug-likeness (QED) is 0.531. The highest BCUT2D eigenvalue weighted by molar-refractivity contribution is 5.94. The fourth-order valence-corrected chi connectivity index (χ4v) is 4.50. The van der Waals surface area contributed by atoms with Gasteiger partial charge in [0.1, 0.15) is 11.6 Å². The molecule has 0 spiro atoms. The topological polar surface area (TPSA) is 48.7 Å². The number of benzene rings is 2. The van der Waals surface area contributed by atoms with Crippen molar-refractivity contribution in [2.45, 2.75) is 31.2 Å². The van der Waals surface area contributed by atoms with E-state index in [1.165, 1.54) is 12.1 Å². The molecule has 6 heteroatoms. The third-order valence-electron chi connectivity index (χ3n) is 6.41. The lowest BCUT2D eigenvalue weighted by Gasteiger charge is -2.34. The maximum atomic E-state index is 13.4. The molecule has 3 aromatic rings. The van der Waals surface area contributed by atoms with Crippen LogP contribution in [0.1, 0.15) is 46.9 Å². The molecule has 33 heavy (non-hydrogen) atoms. The van der Waals surface area contributed by atoms with Crippen LogP contribution in [0.4, 0.5) is 10.1 Å². The van der Waals surface area contributed by atoms with E-state index in [0.717, 1.165) is 55.9 Å². The smallest absolute Gasteiger partial charge is 0.253 e. The van der Waals surface area contributed by atoms with Crippen LogP contribution in [0.3, 0.4) is 0 Å². The molecule has 1 aromatic heterocycles. The Hall–Kier alpha value is -3.12. The number of piperidine rings is 1. The van der Waals surface area contributed by atoms with Crippen LogP contribution in [-0.4, -0.2) is 50.6 Å². The highest BCUT2D eigenvalue weighted by atomic mass is 19.1. The summed E-state index contributed by atoms with van der Waals surface area (Å²) >= 11 is 0. The van der Waals surface area contributed by atoms with Crippen LogP contribution >= 0.6 is 0 Å². The summed E-state index contributed by atoms with van der Waals surface area (Å²) in [6.45, 7) is 2.84. The summed E-state index contributed by atoms with van der Waals surface area (Å²) in [5.41, 5.74) is 2.95. The molecule has 0 radical (unpaired) electrons.